The normalized spacial score (nSPS) is 24.6. The van der Waals surface area contributed by atoms with Gasteiger partial charge in [-0.05, 0) is 12.3 Å². The first-order valence-electron chi connectivity index (χ1n) is 4.84. The summed E-state index contributed by atoms with van der Waals surface area (Å²) in [4.78, 5) is 0. The fraction of sp³-hybridized carbons (Fsp3) is 0.800. The summed E-state index contributed by atoms with van der Waals surface area (Å²) in [5.74, 6) is 1.03. The number of unbranched alkanes of at least 4 members (excludes halogenated alkanes) is 1. The summed E-state index contributed by atoms with van der Waals surface area (Å²) in [5.41, 5.74) is 0. The van der Waals surface area contributed by atoms with Crippen molar-refractivity contribution in [1.82, 2.24) is 0 Å². The summed E-state index contributed by atoms with van der Waals surface area (Å²) in [6, 6.07) is 0. The molecule has 0 saturated heterocycles. The summed E-state index contributed by atoms with van der Waals surface area (Å²) < 4.78 is 0. The highest BCUT2D eigenvalue weighted by Crippen LogP contribution is 2.29. The number of hydrogen-bond donors (Lipinski definition) is 2. The average Bonchev–Trinajstić information content (AvgIpc) is 2.07. The second-order valence-corrected chi connectivity index (χ2v) is 3.64. The van der Waals surface area contributed by atoms with Crippen LogP contribution in [0.5, 0.6) is 0 Å². The first-order valence-corrected chi connectivity index (χ1v) is 4.84. The van der Waals surface area contributed by atoms with Crippen molar-refractivity contribution >= 4 is 0 Å². The van der Waals surface area contributed by atoms with Gasteiger partial charge in [-0.25, -0.2) is 0 Å². The van der Waals surface area contributed by atoms with Gasteiger partial charge in [-0.1, -0.05) is 26.2 Å². The molecule has 0 amide bonds. The largest absolute Gasteiger partial charge is 0.509 e. The third-order valence-electron chi connectivity index (χ3n) is 2.57. The van der Waals surface area contributed by atoms with E-state index in [0.717, 1.165) is 6.42 Å². The van der Waals surface area contributed by atoms with E-state index in [-0.39, 0.29) is 11.5 Å². The van der Waals surface area contributed by atoms with Crippen LogP contribution in [0.25, 0.3) is 0 Å². The Hall–Kier alpha value is -0.660. The molecule has 0 saturated carbocycles. The van der Waals surface area contributed by atoms with Gasteiger partial charge in [0, 0.05) is 12.8 Å². The molecule has 70 valence electrons. The molecule has 0 heterocycles. The minimum Gasteiger partial charge on any atom is -0.509 e. The third kappa shape index (κ3) is 2.43. The van der Waals surface area contributed by atoms with Gasteiger partial charge in [0.15, 0.2) is 0 Å². The van der Waals surface area contributed by atoms with Gasteiger partial charge in [0.2, 0.25) is 0 Å². The van der Waals surface area contributed by atoms with Crippen molar-refractivity contribution in [1.29, 1.82) is 0 Å². The molecule has 1 atom stereocenters. The molecule has 0 bridgehead atoms. The zero-order chi connectivity index (χ0) is 8.97. The SMILES string of the molecule is CCCCC1CCC(O)=C(O)C1. The predicted molar refractivity (Wildman–Crippen MR) is 49.1 cm³/mol. The standard InChI is InChI=1S/C10H18O2/c1-2-3-4-8-5-6-9(11)10(12)7-8/h8,11-12H,2-7H2,1H3. The van der Waals surface area contributed by atoms with Gasteiger partial charge in [-0.2, -0.15) is 0 Å². The molecule has 1 aliphatic rings. The maximum atomic E-state index is 9.28. The lowest BCUT2D eigenvalue weighted by Gasteiger charge is -2.21. The highest BCUT2D eigenvalue weighted by atomic mass is 16.3. The Labute approximate surface area is 73.9 Å². The summed E-state index contributed by atoms with van der Waals surface area (Å²) >= 11 is 0. The Morgan fingerprint density at radius 1 is 1.33 bits per heavy atom. The molecule has 0 aliphatic heterocycles. The molecule has 0 aromatic heterocycles. The van der Waals surface area contributed by atoms with Crippen LogP contribution in [0.2, 0.25) is 0 Å². The average molecular weight is 170 g/mol. The molecule has 1 rings (SSSR count). The molecule has 2 heteroatoms. The molecular formula is C10H18O2. The highest BCUT2D eigenvalue weighted by Gasteiger charge is 2.19. The number of aliphatic hydroxyl groups excluding tert-OH is 2. The van der Waals surface area contributed by atoms with E-state index in [0.29, 0.717) is 18.8 Å². The molecule has 0 aromatic rings. The zero-order valence-corrected chi connectivity index (χ0v) is 7.71. The Morgan fingerprint density at radius 2 is 2.08 bits per heavy atom. The Kier molecular flexibility index (Phi) is 3.45. The Balaban J connectivity index is 2.33. The number of hydrogen-bond acceptors (Lipinski definition) is 2. The molecular weight excluding hydrogens is 152 g/mol. The number of rotatable bonds is 3. The van der Waals surface area contributed by atoms with Gasteiger partial charge in [-0.3, -0.25) is 0 Å². The molecule has 12 heavy (non-hydrogen) atoms. The van der Waals surface area contributed by atoms with Crippen molar-refractivity contribution in [2.24, 2.45) is 5.92 Å². The van der Waals surface area contributed by atoms with E-state index in [9.17, 15) is 5.11 Å². The van der Waals surface area contributed by atoms with E-state index < -0.39 is 0 Å². The lowest BCUT2D eigenvalue weighted by Crippen LogP contribution is -2.10. The van der Waals surface area contributed by atoms with E-state index in [1.54, 1.807) is 0 Å². The minimum atomic E-state index is 0.211. The minimum absolute atomic E-state index is 0.211. The zero-order valence-electron chi connectivity index (χ0n) is 7.71. The summed E-state index contributed by atoms with van der Waals surface area (Å²) in [6.07, 6.45) is 6.03. The van der Waals surface area contributed by atoms with E-state index in [1.165, 1.54) is 19.3 Å². The van der Waals surface area contributed by atoms with Crippen molar-refractivity contribution in [2.45, 2.75) is 45.4 Å². The Morgan fingerprint density at radius 3 is 2.67 bits per heavy atom. The van der Waals surface area contributed by atoms with E-state index in [4.69, 9.17) is 5.11 Å². The van der Waals surface area contributed by atoms with Crippen LogP contribution >= 0.6 is 0 Å². The smallest absolute Gasteiger partial charge is 0.130 e. The van der Waals surface area contributed by atoms with Crippen LogP contribution in [-0.4, -0.2) is 10.2 Å². The fourth-order valence-corrected chi connectivity index (χ4v) is 1.72. The van der Waals surface area contributed by atoms with Crippen molar-refractivity contribution < 1.29 is 10.2 Å². The topological polar surface area (TPSA) is 40.5 Å². The van der Waals surface area contributed by atoms with E-state index in [1.807, 2.05) is 0 Å². The molecule has 0 spiro atoms. The molecule has 2 nitrogen and oxygen atoms in total. The second-order valence-electron chi connectivity index (χ2n) is 3.64. The van der Waals surface area contributed by atoms with Crippen LogP contribution in [0.1, 0.15) is 45.4 Å². The lowest BCUT2D eigenvalue weighted by atomic mass is 9.88. The molecule has 0 aromatic carbocycles. The van der Waals surface area contributed by atoms with E-state index >= 15 is 0 Å². The van der Waals surface area contributed by atoms with Gasteiger partial charge in [0.25, 0.3) is 0 Å². The summed E-state index contributed by atoms with van der Waals surface area (Å²) in [7, 11) is 0. The van der Waals surface area contributed by atoms with Gasteiger partial charge in [0.05, 0.1) is 0 Å². The first kappa shape index (κ1) is 9.43. The van der Waals surface area contributed by atoms with Crippen molar-refractivity contribution in [3.05, 3.63) is 11.5 Å². The maximum Gasteiger partial charge on any atom is 0.130 e. The monoisotopic (exact) mass is 170 g/mol. The summed E-state index contributed by atoms with van der Waals surface area (Å²) in [6.45, 7) is 2.18. The van der Waals surface area contributed by atoms with Gasteiger partial charge in [-0.15, -0.1) is 0 Å². The van der Waals surface area contributed by atoms with Crippen LogP contribution in [0, 0.1) is 5.92 Å². The van der Waals surface area contributed by atoms with Crippen molar-refractivity contribution in [3.63, 3.8) is 0 Å². The number of allylic oxidation sites excluding steroid dienone is 2. The van der Waals surface area contributed by atoms with Gasteiger partial charge >= 0.3 is 0 Å². The summed E-state index contributed by atoms with van der Waals surface area (Å²) in [5, 5.41) is 18.4. The predicted octanol–water partition coefficient (Wildman–Crippen LogP) is 3.30. The van der Waals surface area contributed by atoms with Crippen LogP contribution in [0.4, 0.5) is 0 Å². The molecule has 0 fully saturated rings. The van der Waals surface area contributed by atoms with Crippen LogP contribution in [0.3, 0.4) is 0 Å². The van der Waals surface area contributed by atoms with Crippen molar-refractivity contribution in [3.8, 4) is 0 Å². The third-order valence-corrected chi connectivity index (χ3v) is 2.57. The van der Waals surface area contributed by atoms with Gasteiger partial charge < -0.3 is 10.2 Å². The quantitative estimate of drug-likeness (QED) is 0.682. The molecule has 1 unspecified atom stereocenters. The number of aliphatic hydroxyl groups is 2. The van der Waals surface area contributed by atoms with Crippen molar-refractivity contribution in [2.75, 3.05) is 0 Å². The fourth-order valence-electron chi connectivity index (χ4n) is 1.72. The molecule has 1 aliphatic carbocycles. The molecule has 2 N–H and O–H groups in total. The second kappa shape index (κ2) is 4.39. The lowest BCUT2D eigenvalue weighted by molar-refractivity contribution is 0.236. The van der Waals surface area contributed by atoms with Gasteiger partial charge in [0.1, 0.15) is 11.5 Å². The Bertz CT molecular complexity index is 173. The first-order chi connectivity index (χ1) is 5.74. The van der Waals surface area contributed by atoms with Crippen LogP contribution in [0.15, 0.2) is 11.5 Å². The maximum absolute atomic E-state index is 9.28. The van der Waals surface area contributed by atoms with E-state index in [2.05, 4.69) is 6.92 Å². The van der Waals surface area contributed by atoms with Crippen LogP contribution < -0.4 is 0 Å². The van der Waals surface area contributed by atoms with Crippen LogP contribution in [-0.2, 0) is 0 Å². The molecule has 0 radical (unpaired) electrons. The highest BCUT2D eigenvalue weighted by molar-refractivity contribution is 5.03.